The van der Waals surface area contributed by atoms with Crippen LogP contribution in [0.5, 0.6) is 5.75 Å². The van der Waals surface area contributed by atoms with E-state index in [4.69, 9.17) is 4.74 Å². The van der Waals surface area contributed by atoms with Gasteiger partial charge in [0.05, 0.1) is 5.69 Å². The molecule has 0 aliphatic carbocycles. The number of anilines is 1. The third-order valence-electron chi connectivity index (χ3n) is 6.45. The number of rotatable bonds is 6. The number of fused-ring (bicyclic) bond motifs is 1. The Kier molecular flexibility index (Phi) is 7.11. The number of nitrogens with zero attached hydrogens (tertiary/aromatic N) is 1. The van der Waals surface area contributed by atoms with Gasteiger partial charge in [0.1, 0.15) is 17.9 Å². The van der Waals surface area contributed by atoms with Crippen molar-refractivity contribution in [2.45, 2.75) is 26.4 Å². The molecule has 6 nitrogen and oxygen atoms in total. The van der Waals surface area contributed by atoms with E-state index < -0.39 is 17.8 Å². The Hall–Kier alpha value is -4.23. The first-order valence-electron chi connectivity index (χ1n) is 12.2. The minimum absolute atomic E-state index is 0.161. The topological polar surface area (TPSA) is 75.7 Å². The monoisotopic (exact) mass is 568 g/mol. The smallest absolute Gasteiger partial charge is 0.335 e. The third kappa shape index (κ3) is 5.10. The van der Waals surface area contributed by atoms with Crippen molar-refractivity contribution in [3.63, 3.8) is 0 Å². The number of hydrogen-bond acceptors (Lipinski definition) is 4. The fourth-order valence-electron chi connectivity index (χ4n) is 4.39. The summed E-state index contributed by atoms with van der Waals surface area (Å²) in [6.07, 6.45) is 1.46. The van der Waals surface area contributed by atoms with Crippen LogP contribution in [0.2, 0.25) is 0 Å². The molecule has 1 aliphatic rings. The number of halogens is 1. The highest BCUT2D eigenvalue weighted by atomic mass is 79.9. The Morgan fingerprint density at radius 1 is 0.921 bits per heavy atom. The number of nitrogens with one attached hydrogen (secondary N) is 1. The molecule has 4 amide bonds. The van der Waals surface area contributed by atoms with Crippen molar-refractivity contribution in [1.29, 1.82) is 0 Å². The molecule has 1 heterocycles. The molecule has 1 aliphatic heterocycles. The van der Waals surface area contributed by atoms with E-state index in [0.29, 0.717) is 29.5 Å². The van der Waals surface area contributed by atoms with Crippen LogP contribution < -0.4 is 15.0 Å². The number of carbonyl (C=O) groups is 3. The van der Waals surface area contributed by atoms with Gasteiger partial charge in [-0.2, -0.15) is 0 Å². The van der Waals surface area contributed by atoms with Crippen LogP contribution in [-0.4, -0.2) is 17.8 Å². The van der Waals surface area contributed by atoms with Crippen LogP contribution in [0.4, 0.5) is 10.5 Å². The lowest BCUT2D eigenvalue weighted by molar-refractivity contribution is -0.122. The summed E-state index contributed by atoms with van der Waals surface area (Å²) in [5, 5.41) is 4.49. The molecule has 0 saturated carbocycles. The highest BCUT2D eigenvalue weighted by Crippen LogP contribution is 2.30. The average Bonchev–Trinajstić information content (AvgIpc) is 2.90. The molecule has 4 aromatic carbocycles. The normalized spacial score (nSPS) is 14.9. The Balaban J connectivity index is 1.46. The van der Waals surface area contributed by atoms with Gasteiger partial charge in [0.2, 0.25) is 0 Å². The predicted octanol–water partition coefficient (Wildman–Crippen LogP) is 6.97. The fourth-order valence-corrected chi connectivity index (χ4v) is 4.77. The molecule has 1 saturated heterocycles. The number of carbonyl (C=O) groups excluding carboxylic acids is 3. The van der Waals surface area contributed by atoms with Crippen molar-refractivity contribution < 1.29 is 19.1 Å². The molecule has 4 aromatic rings. The molecule has 0 radical (unpaired) electrons. The molecule has 0 bridgehead atoms. The minimum Gasteiger partial charge on any atom is -0.488 e. The molecule has 7 heteroatoms. The van der Waals surface area contributed by atoms with Crippen LogP contribution in [0.15, 0.2) is 95.0 Å². The van der Waals surface area contributed by atoms with Gasteiger partial charge in [-0.15, -0.1) is 0 Å². The molecule has 0 unspecified atom stereocenters. The number of amides is 4. The molecule has 190 valence electrons. The quantitative estimate of drug-likeness (QED) is 0.201. The van der Waals surface area contributed by atoms with Crippen molar-refractivity contribution in [2.24, 2.45) is 0 Å². The number of urea groups is 1. The summed E-state index contributed by atoms with van der Waals surface area (Å²) in [7, 11) is 0. The molecule has 38 heavy (non-hydrogen) atoms. The van der Waals surface area contributed by atoms with Crippen LogP contribution in [0, 0.1) is 0 Å². The Bertz CT molecular complexity index is 1590. The maximum atomic E-state index is 13.4. The first-order valence-corrected chi connectivity index (χ1v) is 13.0. The van der Waals surface area contributed by atoms with Crippen molar-refractivity contribution in [3.8, 4) is 5.75 Å². The van der Waals surface area contributed by atoms with Crippen LogP contribution in [0.25, 0.3) is 16.8 Å². The van der Waals surface area contributed by atoms with Crippen molar-refractivity contribution in [3.05, 3.63) is 112 Å². The van der Waals surface area contributed by atoms with E-state index in [-0.39, 0.29) is 5.57 Å². The summed E-state index contributed by atoms with van der Waals surface area (Å²) in [6.45, 7) is 4.42. The first-order chi connectivity index (χ1) is 18.3. The van der Waals surface area contributed by atoms with E-state index in [2.05, 4.69) is 35.1 Å². The van der Waals surface area contributed by atoms with Gasteiger partial charge in [0.15, 0.2) is 0 Å². The Labute approximate surface area is 229 Å². The number of barbiturate groups is 1. The van der Waals surface area contributed by atoms with Crippen LogP contribution in [0.3, 0.4) is 0 Å². The minimum atomic E-state index is -0.781. The van der Waals surface area contributed by atoms with E-state index in [1.807, 2.05) is 60.7 Å². The van der Waals surface area contributed by atoms with E-state index in [1.54, 1.807) is 24.3 Å². The van der Waals surface area contributed by atoms with Gasteiger partial charge in [0, 0.05) is 10.0 Å². The first kappa shape index (κ1) is 25.4. The molecule has 0 spiro atoms. The van der Waals surface area contributed by atoms with Gasteiger partial charge in [-0.25, -0.2) is 9.69 Å². The maximum absolute atomic E-state index is 13.4. The number of imide groups is 2. The molecule has 0 aromatic heterocycles. The van der Waals surface area contributed by atoms with E-state index in [0.717, 1.165) is 31.3 Å². The molecule has 1 N–H and O–H groups in total. The summed E-state index contributed by atoms with van der Waals surface area (Å²) in [4.78, 5) is 39.8. The lowest BCUT2D eigenvalue weighted by Crippen LogP contribution is -2.54. The third-order valence-corrected chi connectivity index (χ3v) is 6.95. The van der Waals surface area contributed by atoms with Gasteiger partial charge in [-0.3, -0.25) is 14.9 Å². The van der Waals surface area contributed by atoms with E-state index in [9.17, 15) is 14.4 Å². The van der Waals surface area contributed by atoms with Gasteiger partial charge in [0.25, 0.3) is 11.8 Å². The highest BCUT2D eigenvalue weighted by molar-refractivity contribution is 9.10. The Morgan fingerprint density at radius 3 is 2.42 bits per heavy atom. The highest BCUT2D eigenvalue weighted by Gasteiger charge is 2.37. The second kappa shape index (κ2) is 10.6. The molecule has 0 atom stereocenters. The zero-order valence-electron chi connectivity index (χ0n) is 20.9. The lowest BCUT2D eigenvalue weighted by atomic mass is 10.0. The van der Waals surface area contributed by atoms with Gasteiger partial charge in [-0.05, 0) is 64.2 Å². The zero-order valence-corrected chi connectivity index (χ0v) is 22.5. The average molecular weight is 569 g/mol. The van der Waals surface area contributed by atoms with Crippen LogP contribution in [0.1, 0.15) is 36.5 Å². The summed E-state index contributed by atoms with van der Waals surface area (Å²) >= 11 is 3.46. The molecule has 5 rings (SSSR count). The second-order valence-corrected chi connectivity index (χ2v) is 10.2. The van der Waals surface area contributed by atoms with Crippen LogP contribution in [-0.2, 0) is 16.2 Å². The van der Waals surface area contributed by atoms with Gasteiger partial charge >= 0.3 is 6.03 Å². The summed E-state index contributed by atoms with van der Waals surface area (Å²) in [5.74, 6) is -0.652. The molecule has 1 fully saturated rings. The van der Waals surface area contributed by atoms with Crippen molar-refractivity contribution in [1.82, 2.24) is 5.32 Å². The van der Waals surface area contributed by atoms with Gasteiger partial charge < -0.3 is 4.74 Å². The van der Waals surface area contributed by atoms with E-state index >= 15 is 0 Å². The SMILES string of the molecule is CC(C)c1ccc(N2C(=O)NC(=O)/C(=C/c3cc(Br)ccc3OCc3cccc4ccccc34)C2=O)cc1. The van der Waals surface area contributed by atoms with Crippen molar-refractivity contribution >= 4 is 56.3 Å². The molecular formula is C31H25BrN2O4. The molecular weight excluding hydrogens is 544 g/mol. The summed E-state index contributed by atoms with van der Waals surface area (Å²) < 4.78 is 6.93. The fraction of sp³-hybridized carbons (Fsp3) is 0.129. The zero-order chi connectivity index (χ0) is 26.8. The number of benzene rings is 4. The number of ether oxygens (including phenoxy) is 1. The summed E-state index contributed by atoms with van der Waals surface area (Å²) in [6, 6.07) is 25.8. The lowest BCUT2D eigenvalue weighted by Gasteiger charge is -2.26. The van der Waals surface area contributed by atoms with E-state index in [1.165, 1.54) is 6.08 Å². The summed E-state index contributed by atoms with van der Waals surface area (Å²) in [5.41, 5.74) is 2.84. The van der Waals surface area contributed by atoms with Crippen molar-refractivity contribution in [2.75, 3.05) is 4.90 Å². The largest absolute Gasteiger partial charge is 0.488 e. The standard InChI is InChI=1S/C31H25BrN2O4/c1-19(2)20-10-13-25(14-11-20)34-30(36)27(29(35)33-31(34)37)17-23-16-24(32)12-15-28(23)38-18-22-8-5-7-21-6-3-4-9-26(21)22/h3-17,19H,18H2,1-2H3,(H,33,35,37)/b27-17-. The Morgan fingerprint density at radius 2 is 1.66 bits per heavy atom. The number of hydrogen-bond donors (Lipinski definition) is 1. The maximum Gasteiger partial charge on any atom is 0.335 e. The second-order valence-electron chi connectivity index (χ2n) is 9.31. The predicted molar refractivity (Wildman–Crippen MR) is 152 cm³/mol. The van der Waals surface area contributed by atoms with Gasteiger partial charge in [-0.1, -0.05) is 84.4 Å². The van der Waals surface area contributed by atoms with Crippen LogP contribution >= 0.6 is 15.9 Å².